The fourth-order valence-electron chi connectivity index (χ4n) is 3.11. The minimum absolute atomic E-state index is 0.0207. The van der Waals surface area contributed by atoms with Crippen LogP contribution < -0.4 is 5.32 Å². The van der Waals surface area contributed by atoms with Crippen LogP contribution >= 0.6 is 0 Å². The Labute approximate surface area is 151 Å². The summed E-state index contributed by atoms with van der Waals surface area (Å²) in [6.45, 7) is 0.727. The van der Waals surface area contributed by atoms with Crippen molar-refractivity contribution in [2.45, 2.75) is 25.2 Å². The molecule has 1 amide bonds. The molecule has 1 aliphatic rings. The van der Waals surface area contributed by atoms with E-state index in [-0.39, 0.29) is 5.91 Å². The summed E-state index contributed by atoms with van der Waals surface area (Å²) in [5.74, 6) is 2.14. The minimum Gasteiger partial charge on any atom is -0.356 e. The van der Waals surface area contributed by atoms with Crippen LogP contribution in [0, 0.1) is 5.92 Å². The lowest BCUT2D eigenvalue weighted by Gasteiger charge is -2.04. The highest BCUT2D eigenvalue weighted by Crippen LogP contribution is 2.46. The predicted octanol–water partition coefficient (Wildman–Crippen LogP) is 2.98. The Balaban J connectivity index is 1.21. The molecule has 0 saturated heterocycles. The van der Waals surface area contributed by atoms with Gasteiger partial charge in [-0.25, -0.2) is 0 Å². The van der Waals surface area contributed by atoms with Crippen molar-refractivity contribution in [3.05, 3.63) is 66.3 Å². The molecule has 1 aliphatic carbocycles. The first kappa shape index (κ1) is 16.4. The van der Waals surface area contributed by atoms with Gasteiger partial charge in [0, 0.05) is 37.3 Å². The van der Waals surface area contributed by atoms with E-state index in [9.17, 15) is 4.79 Å². The number of hydrogen-bond donors (Lipinski definition) is 1. The number of nitrogens with one attached hydrogen (secondary N) is 1. The SMILES string of the molecule is O=C(CCc1nc(-c2ccncc2)no1)NCC1CC1c1ccccc1. The van der Waals surface area contributed by atoms with E-state index >= 15 is 0 Å². The van der Waals surface area contributed by atoms with Gasteiger partial charge in [0.1, 0.15) is 0 Å². The molecular formula is C20H20N4O2. The van der Waals surface area contributed by atoms with Gasteiger partial charge in [0.05, 0.1) is 0 Å². The Kier molecular flexibility index (Phi) is 4.73. The van der Waals surface area contributed by atoms with Crippen LogP contribution in [0.15, 0.2) is 59.4 Å². The van der Waals surface area contributed by atoms with Gasteiger partial charge >= 0.3 is 0 Å². The summed E-state index contributed by atoms with van der Waals surface area (Å²) in [5, 5.41) is 6.96. The van der Waals surface area contributed by atoms with Crippen LogP contribution in [0.25, 0.3) is 11.4 Å². The zero-order valence-corrected chi connectivity index (χ0v) is 14.3. The van der Waals surface area contributed by atoms with Crippen LogP contribution in [0.1, 0.15) is 30.2 Å². The van der Waals surface area contributed by atoms with E-state index < -0.39 is 0 Å². The second-order valence-electron chi connectivity index (χ2n) is 6.56. The zero-order chi connectivity index (χ0) is 17.8. The van der Waals surface area contributed by atoms with Crippen molar-refractivity contribution >= 4 is 5.91 Å². The highest BCUT2D eigenvalue weighted by molar-refractivity contribution is 5.76. The summed E-state index contributed by atoms with van der Waals surface area (Å²) < 4.78 is 5.22. The molecule has 2 heterocycles. The van der Waals surface area contributed by atoms with Crippen LogP contribution in [0.3, 0.4) is 0 Å². The number of amides is 1. The third-order valence-corrected chi connectivity index (χ3v) is 4.68. The summed E-state index contributed by atoms with van der Waals surface area (Å²) in [4.78, 5) is 20.3. The number of rotatable bonds is 7. The fraction of sp³-hybridized carbons (Fsp3) is 0.300. The van der Waals surface area contributed by atoms with E-state index in [1.807, 2.05) is 18.2 Å². The lowest BCUT2D eigenvalue weighted by molar-refractivity contribution is -0.121. The molecule has 3 aromatic rings. The van der Waals surface area contributed by atoms with Gasteiger partial charge in [-0.3, -0.25) is 9.78 Å². The second kappa shape index (κ2) is 7.47. The largest absolute Gasteiger partial charge is 0.356 e. The molecule has 1 N–H and O–H groups in total. The van der Waals surface area contributed by atoms with Crippen molar-refractivity contribution in [1.29, 1.82) is 0 Å². The maximum Gasteiger partial charge on any atom is 0.227 e. The van der Waals surface area contributed by atoms with Gasteiger partial charge in [-0.05, 0) is 36.0 Å². The van der Waals surface area contributed by atoms with Crippen molar-refractivity contribution in [2.24, 2.45) is 5.92 Å². The van der Waals surface area contributed by atoms with E-state index in [1.165, 1.54) is 5.56 Å². The summed E-state index contributed by atoms with van der Waals surface area (Å²) in [6, 6.07) is 14.1. The van der Waals surface area contributed by atoms with Crippen LogP contribution in [0.4, 0.5) is 0 Å². The van der Waals surface area contributed by atoms with Crippen molar-refractivity contribution in [3.63, 3.8) is 0 Å². The Bertz CT molecular complexity index is 864. The van der Waals surface area contributed by atoms with Gasteiger partial charge in [0.25, 0.3) is 0 Å². The molecule has 2 unspecified atom stereocenters. The summed E-state index contributed by atoms with van der Waals surface area (Å²) in [7, 11) is 0. The molecule has 1 saturated carbocycles. The highest BCUT2D eigenvalue weighted by Gasteiger charge is 2.37. The molecule has 4 rings (SSSR count). The van der Waals surface area contributed by atoms with Gasteiger partial charge in [-0.15, -0.1) is 0 Å². The Morgan fingerprint density at radius 2 is 1.96 bits per heavy atom. The molecule has 6 nitrogen and oxygen atoms in total. The lowest BCUT2D eigenvalue weighted by Crippen LogP contribution is -2.26. The number of aromatic nitrogens is 3. The average molecular weight is 348 g/mol. The van der Waals surface area contributed by atoms with Crippen molar-refractivity contribution < 1.29 is 9.32 Å². The van der Waals surface area contributed by atoms with Crippen LogP contribution in [-0.4, -0.2) is 27.6 Å². The third kappa shape index (κ3) is 3.96. The molecule has 0 spiro atoms. The van der Waals surface area contributed by atoms with E-state index in [0.717, 1.165) is 18.5 Å². The Hall–Kier alpha value is -3.02. The van der Waals surface area contributed by atoms with E-state index in [1.54, 1.807) is 12.4 Å². The van der Waals surface area contributed by atoms with E-state index in [4.69, 9.17) is 4.52 Å². The summed E-state index contributed by atoms with van der Waals surface area (Å²) in [6.07, 6.45) is 5.29. The molecule has 132 valence electrons. The number of benzene rings is 1. The lowest BCUT2D eigenvalue weighted by atomic mass is 10.1. The number of nitrogens with zero attached hydrogens (tertiary/aromatic N) is 3. The second-order valence-corrected chi connectivity index (χ2v) is 6.56. The third-order valence-electron chi connectivity index (χ3n) is 4.68. The molecule has 1 aromatic carbocycles. The fourth-order valence-corrected chi connectivity index (χ4v) is 3.11. The molecule has 2 aromatic heterocycles. The normalized spacial score (nSPS) is 18.5. The highest BCUT2D eigenvalue weighted by atomic mass is 16.5. The maximum atomic E-state index is 12.1. The molecule has 2 atom stereocenters. The maximum absolute atomic E-state index is 12.1. The van der Waals surface area contributed by atoms with Gasteiger partial charge < -0.3 is 9.84 Å². The number of hydrogen-bond acceptors (Lipinski definition) is 5. The van der Waals surface area contributed by atoms with E-state index in [0.29, 0.717) is 36.4 Å². The van der Waals surface area contributed by atoms with Crippen LogP contribution in [0.5, 0.6) is 0 Å². The first-order valence-electron chi connectivity index (χ1n) is 8.84. The number of carbonyl (C=O) groups excluding carboxylic acids is 1. The molecule has 0 aliphatic heterocycles. The van der Waals surface area contributed by atoms with Gasteiger partial charge in [-0.2, -0.15) is 4.98 Å². The van der Waals surface area contributed by atoms with Crippen molar-refractivity contribution in [1.82, 2.24) is 20.4 Å². The molecule has 0 bridgehead atoms. The quantitative estimate of drug-likeness (QED) is 0.710. The predicted molar refractivity (Wildman–Crippen MR) is 96.1 cm³/mol. The Morgan fingerprint density at radius 3 is 2.77 bits per heavy atom. The standard InChI is InChI=1S/C20H20N4O2/c25-18(22-13-16-12-17(16)14-4-2-1-3-5-14)6-7-19-23-20(24-26-19)15-8-10-21-11-9-15/h1-5,8-11,16-17H,6-7,12-13H2,(H,22,25). The molecule has 1 fully saturated rings. The summed E-state index contributed by atoms with van der Waals surface area (Å²) in [5.41, 5.74) is 2.21. The molecule has 0 radical (unpaired) electrons. The number of pyridine rings is 1. The topological polar surface area (TPSA) is 80.9 Å². The minimum atomic E-state index is 0.0207. The monoisotopic (exact) mass is 348 g/mol. The van der Waals surface area contributed by atoms with Crippen molar-refractivity contribution in [2.75, 3.05) is 6.54 Å². The zero-order valence-electron chi connectivity index (χ0n) is 14.3. The number of carbonyl (C=O) groups is 1. The smallest absolute Gasteiger partial charge is 0.227 e. The molecular weight excluding hydrogens is 328 g/mol. The van der Waals surface area contributed by atoms with Crippen LogP contribution in [-0.2, 0) is 11.2 Å². The average Bonchev–Trinajstić information content (AvgIpc) is 3.33. The first-order valence-corrected chi connectivity index (χ1v) is 8.84. The molecule has 6 heteroatoms. The Morgan fingerprint density at radius 1 is 1.15 bits per heavy atom. The van der Waals surface area contributed by atoms with Gasteiger partial charge in [0.15, 0.2) is 0 Å². The van der Waals surface area contributed by atoms with Gasteiger partial charge in [0.2, 0.25) is 17.6 Å². The first-order chi connectivity index (χ1) is 12.8. The van der Waals surface area contributed by atoms with E-state index in [2.05, 4.69) is 44.7 Å². The van der Waals surface area contributed by atoms with Gasteiger partial charge in [-0.1, -0.05) is 35.5 Å². The summed E-state index contributed by atoms with van der Waals surface area (Å²) >= 11 is 0. The molecule has 26 heavy (non-hydrogen) atoms. The number of aryl methyl sites for hydroxylation is 1. The van der Waals surface area contributed by atoms with Crippen molar-refractivity contribution in [3.8, 4) is 11.4 Å². The van der Waals surface area contributed by atoms with Crippen LogP contribution in [0.2, 0.25) is 0 Å².